The number of phenolic OH excluding ortho intramolecular Hbond substituents is 1. The van der Waals surface area contributed by atoms with Gasteiger partial charge in [0.2, 0.25) is 23.6 Å². The van der Waals surface area contributed by atoms with Crippen LogP contribution in [0.3, 0.4) is 0 Å². The van der Waals surface area contributed by atoms with E-state index in [1.54, 1.807) is 42.5 Å². The molecule has 0 aromatic heterocycles. The van der Waals surface area contributed by atoms with Crippen LogP contribution in [0.4, 0.5) is 0 Å². The van der Waals surface area contributed by atoms with Gasteiger partial charge in [-0.2, -0.15) is 0 Å². The summed E-state index contributed by atoms with van der Waals surface area (Å²) in [6, 6.07) is 10.6. The number of phenols is 1. The van der Waals surface area contributed by atoms with Crippen LogP contribution < -0.4 is 38.5 Å². The molecule has 2 aromatic carbocycles. The Kier molecular flexibility index (Phi) is 15.7. The molecule has 47 heavy (non-hydrogen) atoms. The van der Waals surface area contributed by atoms with Crippen molar-refractivity contribution in [2.24, 2.45) is 28.1 Å². The van der Waals surface area contributed by atoms with Crippen molar-refractivity contribution >= 4 is 35.6 Å². The van der Waals surface area contributed by atoms with E-state index in [1.165, 1.54) is 12.1 Å². The van der Waals surface area contributed by atoms with Crippen LogP contribution in [0.1, 0.15) is 44.2 Å². The summed E-state index contributed by atoms with van der Waals surface area (Å²) < 4.78 is 0. The average Bonchev–Trinajstić information content (AvgIpc) is 3.01. The second kappa shape index (κ2) is 19.4. The third kappa shape index (κ3) is 14.6. The van der Waals surface area contributed by atoms with E-state index >= 15 is 0 Å². The molecule has 0 unspecified atom stereocenters. The Balaban J connectivity index is 2.15. The number of amides is 4. The highest BCUT2D eigenvalue weighted by molar-refractivity contribution is 5.94. The van der Waals surface area contributed by atoms with Crippen LogP contribution in [0.5, 0.6) is 5.75 Å². The molecule has 0 aliphatic rings. The van der Waals surface area contributed by atoms with Crippen LogP contribution in [0.15, 0.2) is 59.6 Å². The van der Waals surface area contributed by atoms with Gasteiger partial charge in [-0.15, -0.1) is 0 Å². The van der Waals surface area contributed by atoms with Crippen LogP contribution >= 0.6 is 0 Å². The highest BCUT2D eigenvalue weighted by Gasteiger charge is 2.30. The number of aliphatic imine (C=N–C) groups is 1. The molecule has 0 bridgehead atoms. The average molecular weight is 655 g/mol. The fourth-order valence-electron chi connectivity index (χ4n) is 4.59. The Morgan fingerprint density at radius 1 is 0.787 bits per heavy atom. The lowest BCUT2D eigenvalue weighted by molar-refractivity contribution is -0.142. The first kappa shape index (κ1) is 38.0. The van der Waals surface area contributed by atoms with E-state index in [0.29, 0.717) is 11.1 Å². The first-order valence-electron chi connectivity index (χ1n) is 15.3. The SMILES string of the molecule is CC(C)C[C@H](NC(=O)[C@H](Cc1ccccc1)NC(=O)[C@H](CCCN=C(N)N)NC(=O)CNC(=O)[C@@H](N)Cc1ccc(O)cc1)C(=O)O. The number of nitrogens with zero attached hydrogens (tertiary/aromatic N) is 1. The molecule has 4 atom stereocenters. The first-order valence-corrected chi connectivity index (χ1v) is 15.3. The highest BCUT2D eigenvalue weighted by Crippen LogP contribution is 2.11. The number of carboxylic acids is 1. The van der Waals surface area contributed by atoms with Gasteiger partial charge < -0.3 is 48.7 Å². The topological polar surface area (TPSA) is 264 Å². The smallest absolute Gasteiger partial charge is 0.326 e. The standard InChI is InChI=1S/C32H46N8O7/c1-19(2)15-26(31(46)47)40-30(45)25(17-20-7-4-3-5-8-20)39-29(44)24(9-6-14-36-32(34)35)38-27(42)18-37-28(43)23(33)16-21-10-12-22(41)13-11-21/h3-5,7-8,10-13,19,23-26,41H,6,9,14-18,33H2,1-2H3,(H,37,43)(H,38,42)(H,39,44)(H,40,45)(H,46,47)(H4,34,35,36)/t23-,24-,25-,26-/m0/s1. The highest BCUT2D eigenvalue weighted by atomic mass is 16.4. The largest absolute Gasteiger partial charge is 0.508 e. The fraction of sp³-hybridized carbons (Fsp3) is 0.438. The lowest BCUT2D eigenvalue weighted by Crippen LogP contribution is -2.57. The summed E-state index contributed by atoms with van der Waals surface area (Å²) in [6.07, 6.45) is 0.754. The molecule has 15 nitrogen and oxygen atoms in total. The molecule has 2 rings (SSSR count). The molecule has 0 spiro atoms. The predicted molar refractivity (Wildman–Crippen MR) is 176 cm³/mol. The maximum atomic E-state index is 13.6. The number of aromatic hydroxyl groups is 1. The number of carbonyl (C=O) groups is 5. The van der Waals surface area contributed by atoms with Crippen LogP contribution in [0, 0.1) is 5.92 Å². The van der Waals surface area contributed by atoms with Crippen LogP contribution in [-0.2, 0) is 36.8 Å². The summed E-state index contributed by atoms with van der Waals surface area (Å²) in [4.78, 5) is 68.0. The predicted octanol–water partition coefficient (Wildman–Crippen LogP) is -0.740. The quantitative estimate of drug-likeness (QED) is 0.0520. The molecular formula is C32H46N8O7. The second-order valence-electron chi connectivity index (χ2n) is 11.5. The Morgan fingerprint density at radius 3 is 1.98 bits per heavy atom. The normalized spacial score (nSPS) is 13.4. The Bertz CT molecular complexity index is 1370. The van der Waals surface area contributed by atoms with Gasteiger partial charge in [0.25, 0.3) is 0 Å². The third-order valence-electron chi connectivity index (χ3n) is 6.99. The van der Waals surface area contributed by atoms with Gasteiger partial charge in [0.15, 0.2) is 5.96 Å². The van der Waals surface area contributed by atoms with Crippen molar-refractivity contribution in [1.82, 2.24) is 21.3 Å². The lowest BCUT2D eigenvalue weighted by Gasteiger charge is -2.25. The number of hydrogen-bond acceptors (Lipinski definition) is 8. The van der Waals surface area contributed by atoms with Gasteiger partial charge in [-0.25, -0.2) is 4.79 Å². The molecule has 4 amide bonds. The Labute approximate surface area is 273 Å². The molecule has 0 aliphatic carbocycles. The van der Waals surface area contributed by atoms with E-state index in [0.717, 1.165) is 0 Å². The summed E-state index contributed by atoms with van der Waals surface area (Å²) in [5, 5.41) is 29.3. The maximum absolute atomic E-state index is 13.6. The molecule has 0 radical (unpaired) electrons. The van der Waals surface area contributed by atoms with Gasteiger partial charge in [0.05, 0.1) is 12.6 Å². The molecule has 15 heteroatoms. The minimum Gasteiger partial charge on any atom is -0.508 e. The molecule has 0 aliphatic heterocycles. The zero-order valence-corrected chi connectivity index (χ0v) is 26.6. The van der Waals surface area contributed by atoms with Gasteiger partial charge in [-0.05, 0) is 54.9 Å². The number of nitrogens with one attached hydrogen (secondary N) is 4. The number of benzene rings is 2. The number of guanidine groups is 1. The van der Waals surface area contributed by atoms with Gasteiger partial charge in [-0.1, -0.05) is 56.3 Å². The zero-order valence-electron chi connectivity index (χ0n) is 26.6. The maximum Gasteiger partial charge on any atom is 0.326 e. The van der Waals surface area contributed by atoms with Gasteiger partial charge in [0.1, 0.15) is 23.9 Å². The van der Waals surface area contributed by atoms with Crippen molar-refractivity contribution in [3.8, 4) is 5.75 Å². The molecule has 2 aromatic rings. The monoisotopic (exact) mass is 654 g/mol. The molecule has 256 valence electrons. The molecular weight excluding hydrogens is 608 g/mol. The van der Waals surface area contributed by atoms with Gasteiger partial charge in [0, 0.05) is 13.0 Å². The van der Waals surface area contributed by atoms with Crippen molar-refractivity contribution in [3.63, 3.8) is 0 Å². The third-order valence-corrected chi connectivity index (χ3v) is 6.99. The summed E-state index contributed by atoms with van der Waals surface area (Å²) in [7, 11) is 0. The van der Waals surface area contributed by atoms with E-state index in [1.807, 2.05) is 13.8 Å². The lowest BCUT2D eigenvalue weighted by atomic mass is 10.0. The van der Waals surface area contributed by atoms with Crippen LogP contribution in [0.25, 0.3) is 0 Å². The molecule has 0 heterocycles. The number of hydrogen-bond donors (Lipinski definition) is 9. The van der Waals surface area contributed by atoms with Crippen molar-refractivity contribution in [3.05, 3.63) is 65.7 Å². The fourth-order valence-corrected chi connectivity index (χ4v) is 4.59. The van der Waals surface area contributed by atoms with Crippen molar-refractivity contribution < 1.29 is 34.2 Å². The Morgan fingerprint density at radius 2 is 1.38 bits per heavy atom. The second-order valence-corrected chi connectivity index (χ2v) is 11.5. The first-order chi connectivity index (χ1) is 22.2. The van der Waals surface area contributed by atoms with E-state index in [-0.39, 0.29) is 56.3 Å². The Hall–Kier alpha value is -5.18. The number of nitrogens with two attached hydrogens (primary N) is 3. The number of carbonyl (C=O) groups excluding carboxylic acids is 4. The minimum absolute atomic E-state index is 0.0220. The van der Waals surface area contributed by atoms with Gasteiger partial charge in [-0.3, -0.25) is 24.2 Å². The van der Waals surface area contributed by atoms with Crippen molar-refractivity contribution in [2.45, 2.75) is 70.1 Å². The van der Waals surface area contributed by atoms with E-state index in [2.05, 4.69) is 26.3 Å². The zero-order chi connectivity index (χ0) is 34.9. The van der Waals surface area contributed by atoms with Gasteiger partial charge >= 0.3 is 5.97 Å². The number of rotatable bonds is 19. The van der Waals surface area contributed by atoms with Crippen molar-refractivity contribution in [1.29, 1.82) is 0 Å². The summed E-state index contributed by atoms with van der Waals surface area (Å²) in [6.45, 7) is 3.33. The van der Waals surface area contributed by atoms with E-state index < -0.39 is 60.3 Å². The molecule has 0 saturated carbocycles. The minimum atomic E-state index is -1.20. The van der Waals surface area contributed by atoms with Crippen LogP contribution in [-0.4, -0.2) is 83.0 Å². The number of aliphatic carboxylic acids is 1. The molecule has 0 fully saturated rings. The molecule has 0 saturated heterocycles. The van der Waals surface area contributed by atoms with Crippen LogP contribution in [0.2, 0.25) is 0 Å². The summed E-state index contributed by atoms with van der Waals surface area (Å²) in [5.41, 5.74) is 18.2. The van der Waals surface area contributed by atoms with Crippen molar-refractivity contribution in [2.75, 3.05) is 13.1 Å². The summed E-state index contributed by atoms with van der Waals surface area (Å²) in [5.74, 6) is -3.99. The summed E-state index contributed by atoms with van der Waals surface area (Å²) >= 11 is 0. The van der Waals surface area contributed by atoms with E-state index in [4.69, 9.17) is 17.2 Å². The number of carboxylic acid groups (broad SMARTS) is 1. The van der Waals surface area contributed by atoms with E-state index in [9.17, 15) is 34.2 Å². The molecule has 12 N–H and O–H groups in total.